The molecule has 118 valence electrons. The second-order valence-corrected chi connectivity index (χ2v) is 4.47. The van der Waals surface area contributed by atoms with Crippen molar-refractivity contribution in [2.75, 3.05) is 21.2 Å². The predicted molar refractivity (Wildman–Crippen MR) is 84.9 cm³/mol. The first kappa shape index (κ1) is 17.0. The van der Waals surface area contributed by atoms with E-state index in [4.69, 9.17) is 15.9 Å². The van der Waals surface area contributed by atoms with Gasteiger partial charge >= 0.3 is 0 Å². The van der Waals surface area contributed by atoms with E-state index in [9.17, 15) is 9.90 Å². The van der Waals surface area contributed by atoms with E-state index in [0.717, 1.165) is 0 Å². The molecule has 0 aliphatic heterocycles. The number of ether oxygens (including phenoxy) is 1. The van der Waals surface area contributed by atoms with E-state index in [1.165, 1.54) is 30.2 Å². The van der Waals surface area contributed by atoms with Gasteiger partial charge in [0.15, 0.2) is 11.5 Å². The fourth-order valence-electron chi connectivity index (χ4n) is 1.38. The van der Waals surface area contributed by atoms with Crippen LogP contribution in [-0.4, -0.2) is 49.0 Å². The number of nitrogens with one attached hydrogen (secondary N) is 2. The highest BCUT2D eigenvalue weighted by molar-refractivity contribution is 6.06. The molecule has 22 heavy (non-hydrogen) atoms. The summed E-state index contributed by atoms with van der Waals surface area (Å²) in [7, 11) is 4.71. The number of aliphatic imine (C=N–C) groups is 1. The van der Waals surface area contributed by atoms with Crippen molar-refractivity contribution in [3.63, 3.8) is 0 Å². The first-order chi connectivity index (χ1) is 10.3. The Morgan fingerprint density at radius 1 is 1.50 bits per heavy atom. The van der Waals surface area contributed by atoms with Crippen LogP contribution >= 0.6 is 0 Å². The van der Waals surface area contributed by atoms with Crippen molar-refractivity contribution in [3.05, 3.63) is 29.8 Å². The SMILES string of the molecule is COc1cc(C=CC(=O)NC(N)=NC(=N)N(C)C)ccc1O. The number of aromatic hydroxyl groups is 1. The molecule has 0 heterocycles. The number of nitrogens with zero attached hydrogens (tertiary/aromatic N) is 2. The molecule has 0 aliphatic rings. The zero-order chi connectivity index (χ0) is 16.7. The van der Waals surface area contributed by atoms with E-state index >= 15 is 0 Å². The minimum atomic E-state index is -0.486. The summed E-state index contributed by atoms with van der Waals surface area (Å²) in [6.07, 6.45) is 2.79. The molecule has 0 radical (unpaired) electrons. The molecule has 1 amide bonds. The number of benzene rings is 1. The Bertz CT molecular complexity index is 623. The van der Waals surface area contributed by atoms with Crippen molar-refractivity contribution in [3.8, 4) is 11.5 Å². The number of methoxy groups -OCH3 is 1. The molecule has 0 unspecified atom stereocenters. The van der Waals surface area contributed by atoms with Gasteiger partial charge in [0.05, 0.1) is 7.11 Å². The number of guanidine groups is 2. The normalized spacial score (nSPS) is 11.3. The zero-order valence-electron chi connectivity index (χ0n) is 12.6. The summed E-state index contributed by atoms with van der Waals surface area (Å²) in [4.78, 5) is 16.8. The third-order valence-electron chi connectivity index (χ3n) is 2.53. The van der Waals surface area contributed by atoms with Crippen LogP contribution in [0.5, 0.6) is 11.5 Å². The summed E-state index contributed by atoms with van der Waals surface area (Å²) in [6.45, 7) is 0. The molecular weight excluding hydrogens is 286 g/mol. The second kappa shape index (κ2) is 7.67. The molecule has 0 saturated carbocycles. The largest absolute Gasteiger partial charge is 0.504 e. The van der Waals surface area contributed by atoms with E-state index < -0.39 is 5.91 Å². The highest BCUT2D eigenvalue weighted by Crippen LogP contribution is 2.26. The maximum Gasteiger partial charge on any atom is 0.250 e. The predicted octanol–water partition coefficient (Wildman–Crippen LogP) is 0.341. The lowest BCUT2D eigenvalue weighted by atomic mass is 10.2. The van der Waals surface area contributed by atoms with Gasteiger partial charge in [-0.05, 0) is 23.8 Å². The summed E-state index contributed by atoms with van der Waals surface area (Å²) in [5.74, 6) is -0.410. The van der Waals surface area contributed by atoms with E-state index in [1.54, 1.807) is 26.2 Å². The van der Waals surface area contributed by atoms with Crippen LogP contribution < -0.4 is 15.8 Å². The number of amides is 1. The van der Waals surface area contributed by atoms with Crippen LogP contribution in [0.25, 0.3) is 6.08 Å². The summed E-state index contributed by atoms with van der Waals surface area (Å²) in [5.41, 5.74) is 6.18. The second-order valence-electron chi connectivity index (χ2n) is 4.47. The van der Waals surface area contributed by atoms with Crippen molar-refractivity contribution in [1.82, 2.24) is 10.2 Å². The van der Waals surface area contributed by atoms with Crippen LogP contribution in [0.4, 0.5) is 0 Å². The van der Waals surface area contributed by atoms with Crippen LogP contribution in [-0.2, 0) is 4.79 Å². The number of phenolic OH excluding ortho intramolecular Hbond substituents is 1. The van der Waals surface area contributed by atoms with Gasteiger partial charge in [0.1, 0.15) is 0 Å². The van der Waals surface area contributed by atoms with Crippen molar-refractivity contribution >= 4 is 23.9 Å². The molecule has 0 aromatic heterocycles. The fraction of sp³-hybridized carbons (Fsp3) is 0.214. The zero-order valence-corrected chi connectivity index (χ0v) is 12.6. The standard InChI is InChI=1S/C14H19N5O3/c1-19(2)14(16)18-13(15)17-12(21)7-5-9-4-6-10(20)11(8-9)22-3/h4-8,20H,1-3H3,(H4,15,16,17,18,21). The number of carbonyl (C=O) groups excluding carboxylic acids is 1. The van der Waals surface area contributed by atoms with E-state index in [-0.39, 0.29) is 17.7 Å². The van der Waals surface area contributed by atoms with Gasteiger partial charge in [-0.2, -0.15) is 4.99 Å². The van der Waals surface area contributed by atoms with Gasteiger partial charge in [-0.1, -0.05) is 6.07 Å². The van der Waals surface area contributed by atoms with E-state index in [2.05, 4.69) is 10.3 Å². The van der Waals surface area contributed by atoms with Gasteiger partial charge in [-0.3, -0.25) is 15.5 Å². The number of carbonyl (C=O) groups is 1. The molecule has 1 aromatic rings. The summed E-state index contributed by atoms with van der Waals surface area (Å²) >= 11 is 0. The number of rotatable bonds is 3. The maximum atomic E-state index is 11.7. The number of hydrogen-bond donors (Lipinski definition) is 4. The van der Waals surface area contributed by atoms with Gasteiger partial charge in [0, 0.05) is 20.2 Å². The molecule has 1 aromatic carbocycles. The minimum absolute atomic E-state index is 0.0164. The molecular formula is C14H19N5O3. The average Bonchev–Trinajstić information content (AvgIpc) is 2.46. The topological polar surface area (TPSA) is 124 Å². The average molecular weight is 305 g/mol. The molecule has 0 aliphatic carbocycles. The minimum Gasteiger partial charge on any atom is -0.504 e. The molecule has 0 saturated heterocycles. The highest BCUT2D eigenvalue weighted by atomic mass is 16.5. The Balaban J connectivity index is 2.70. The van der Waals surface area contributed by atoms with Crippen molar-refractivity contribution in [1.29, 1.82) is 5.41 Å². The molecule has 8 heteroatoms. The smallest absolute Gasteiger partial charge is 0.250 e. The van der Waals surface area contributed by atoms with Crippen molar-refractivity contribution in [2.24, 2.45) is 10.7 Å². The third-order valence-corrected chi connectivity index (χ3v) is 2.53. The quantitative estimate of drug-likeness (QED) is 0.364. The molecule has 1 rings (SSSR count). The monoisotopic (exact) mass is 305 g/mol. The van der Waals surface area contributed by atoms with Gasteiger partial charge in [0.2, 0.25) is 11.9 Å². The van der Waals surface area contributed by atoms with Crippen LogP contribution in [0.1, 0.15) is 5.56 Å². The van der Waals surface area contributed by atoms with Crippen LogP contribution in [0.15, 0.2) is 29.3 Å². The first-order valence-corrected chi connectivity index (χ1v) is 6.29. The molecule has 0 spiro atoms. The first-order valence-electron chi connectivity index (χ1n) is 6.29. The van der Waals surface area contributed by atoms with Gasteiger partial charge in [0.25, 0.3) is 5.91 Å². The maximum absolute atomic E-state index is 11.7. The number of nitrogens with two attached hydrogens (primary N) is 1. The molecule has 5 N–H and O–H groups in total. The van der Waals surface area contributed by atoms with Crippen LogP contribution in [0.3, 0.4) is 0 Å². The lowest BCUT2D eigenvalue weighted by Gasteiger charge is -2.09. The van der Waals surface area contributed by atoms with Crippen LogP contribution in [0, 0.1) is 5.41 Å². The number of phenols is 1. The van der Waals surface area contributed by atoms with Crippen molar-refractivity contribution in [2.45, 2.75) is 0 Å². The molecule has 0 atom stereocenters. The molecule has 0 bridgehead atoms. The van der Waals surface area contributed by atoms with Gasteiger partial charge in [-0.15, -0.1) is 0 Å². The fourth-order valence-corrected chi connectivity index (χ4v) is 1.38. The van der Waals surface area contributed by atoms with Crippen LogP contribution in [0.2, 0.25) is 0 Å². The number of hydrogen-bond acceptors (Lipinski definition) is 4. The summed E-state index contributed by atoms with van der Waals surface area (Å²) in [6, 6.07) is 4.67. The molecule has 0 fully saturated rings. The lowest BCUT2D eigenvalue weighted by molar-refractivity contribution is -0.115. The Labute approximate surface area is 128 Å². The third kappa shape index (κ3) is 5.16. The van der Waals surface area contributed by atoms with Gasteiger partial charge in [-0.25, -0.2) is 0 Å². The summed E-state index contributed by atoms with van der Waals surface area (Å²) in [5, 5.41) is 19.3. The Hall–Kier alpha value is -3.03. The Morgan fingerprint density at radius 3 is 2.77 bits per heavy atom. The van der Waals surface area contributed by atoms with Crippen molar-refractivity contribution < 1.29 is 14.6 Å². The Kier molecular flexibility index (Phi) is 5.94. The van der Waals surface area contributed by atoms with E-state index in [1.807, 2.05) is 0 Å². The van der Waals surface area contributed by atoms with E-state index in [0.29, 0.717) is 11.3 Å². The highest BCUT2D eigenvalue weighted by Gasteiger charge is 2.03. The Morgan fingerprint density at radius 2 is 2.18 bits per heavy atom. The van der Waals surface area contributed by atoms with Gasteiger partial charge < -0.3 is 20.5 Å². The molecule has 8 nitrogen and oxygen atoms in total. The lowest BCUT2D eigenvalue weighted by Crippen LogP contribution is -2.37. The summed E-state index contributed by atoms with van der Waals surface area (Å²) < 4.78 is 4.97.